The molecular formula is C19H19N5OS. The van der Waals surface area contributed by atoms with Crippen molar-refractivity contribution < 1.29 is 4.79 Å². The lowest BCUT2D eigenvalue weighted by Gasteiger charge is -2.15. The molecular weight excluding hydrogens is 346 g/mol. The first-order valence-corrected chi connectivity index (χ1v) is 9.49. The molecule has 3 aromatic rings. The number of nitrogens with zero attached hydrogens (tertiary/aromatic N) is 4. The van der Waals surface area contributed by atoms with E-state index in [1.54, 1.807) is 5.38 Å². The number of aryl methyl sites for hydroxylation is 1. The van der Waals surface area contributed by atoms with Gasteiger partial charge in [0.05, 0.1) is 10.7 Å². The van der Waals surface area contributed by atoms with Crippen LogP contribution in [-0.4, -0.2) is 34.2 Å². The van der Waals surface area contributed by atoms with Crippen LogP contribution in [0.5, 0.6) is 0 Å². The number of hydrogen-bond donors (Lipinski definition) is 1. The summed E-state index contributed by atoms with van der Waals surface area (Å²) >= 11 is 1.46. The molecule has 1 fully saturated rings. The average molecular weight is 365 g/mol. The van der Waals surface area contributed by atoms with Gasteiger partial charge in [-0.05, 0) is 44.0 Å². The summed E-state index contributed by atoms with van der Waals surface area (Å²) in [6.07, 6.45) is 2.44. The van der Waals surface area contributed by atoms with Crippen LogP contribution in [0.1, 0.15) is 28.3 Å². The topological polar surface area (TPSA) is 71.0 Å². The molecule has 2 aromatic heterocycles. The van der Waals surface area contributed by atoms with Crippen molar-refractivity contribution in [2.75, 3.05) is 23.3 Å². The number of hydrogen-bond acceptors (Lipinski definition) is 6. The van der Waals surface area contributed by atoms with Crippen molar-refractivity contribution in [1.29, 1.82) is 0 Å². The van der Waals surface area contributed by atoms with Gasteiger partial charge in [-0.15, -0.1) is 21.5 Å². The van der Waals surface area contributed by atoms with Gasteiger partial charge in [-0.2, -0.15) is 0 Å². The van der Waals surface area contributed by atoms with E-state index in [9.17, 15) is 4.79 Å². The summed E-state index contributed by atoms with van der Waals surface area (Å²) in [4.78, 5) is 18.6. The maximum Gasteiger partial charge on any atom is 0.275 e. The van der Waals surface area contributed by atoms with Gasteiger partial charge in [-0.3, -0.25) is 4.79 Å². The monoisotopic (exact) mass is 365 g/mol. The van der Waals surface area contributed by atoms with Crippen molar-refractivity contribution in [1.82, 2.24) is 15.2 Å². The first-order valence-electron chi connectivity index (χ1n) is 8.62. The van der Waals surface area contributed by atoms with Gasteiger partial charge in [0, 0.05) is 29.7 Å². The van der Waals surface area contributed by atoms with E-state index in [0.717, 1.165) is 40.9 Å². The normalized spacial score (nSPS) is 13.8. The van der Waals surface area contributed by atoms with Crippen LogP contribution < -0.4 is 10.2 Å². The van der Waals surface area contributed by atoms with Gasteiger partial charge >= 0.3 is 0 Å². The van der Waals surface area contributed by atoms with E-state index in [1.165, 1.54) is 24.2 Å². The molecule has 4 rings (SSSR count). The summed E-state index contributed by atoms with van der Waals surface area (Å²) in [5.74, 6) is 0.741. The Hall–Kier alpha value is -2.80. The van der Waals surface area contributed by atoms with E-state index in [4.69, 9.17) is 0 Å². The number of anilines is 2. The fourth-order valence-electron chi connectivity index (χ4n) is 2.98. The fraction of sp³-hybridized carbons (Fsp3) is 0.263. The van der Waals surface area contributed by atoms with Crippen LogP contribution in [0.2, 0.25) is 0 Å². The Morgan fingerprint density at radius 1 is 1.08 bits per heavy atom. The van der Waals surface area contributed by atoms with Crippen LogP contribution in [0.25, 0.3) is 11.3 Å². The Morgan fingerprint density at radius 3 is 2.46 bits per heavy atom. The van der Waals surface area contributed by atoms with Crippen LogP contribution in [0, 0.1) is 6.92 Å². The lowest BCUT2D eigenvalue weighted by atomic mass is 10.1. The van der Waals surface area contributed by atoms with E-state index >= 15 is 0 Å². The van der Waals surface area contributed by atoms with E-state index in [2.05, 4.69) is 25.4 Å². The third-order valence-electron chi connectivity index (χ3n) is 4.37. The number of amides is 1. The molecule has 0 radical (unpaired) electrons. The third-order valence-corrected chi connectivity index (χ3v) is 5.14. The predicted octanol–water partition coefficient (Wildman–Crippen LogP) is 3.76. The van der Waals surface area contributed by atoms with Crippen LogP contribution in [0.3, 0.4) is 0 Å². The Morgan fingerprint density at radius 2 is 1.85 bits per heavy atom. The number of aromatic nitrogens is 3. The third kappa shape index (κ3) is 3.57. The van der Waals surface area contributed by atoms with E-state index < -0.39 is 0 Å². The molecule has 7 heteroatoms. The second-order valence-electron chi connectivity index (χ2n) is 6.25. The van der Waals surface area contributed by atoms with Gasteiger partial charge in [0.2, 0.25) is 0 Å². The van der Waals surface area contributed by atoms with E-state index in [-0.39, 0.29) is 5.91 Å². The molecule has 1 saturated heterocycles. The Labute approximate surface area is 155 Å². The lowest BCUT2D eigenvalue weighted by molar-refractivity contribution is 0.102. The first-order chi connectivity index (χ1) is 12.7. The molecule has 0 unspecified atom stereocenters. The van der Waals surface area contributed by atoms with Crippen molar-refractivity contribution in [3.8, 4) is 11.3 Å². The van der Waals surface area contributed by atoms with Crippen molar-refractivity contribution in [2.24, 2.45) is 0 Å². The number of nitrogens with one attached hydrogen (secondary N) is 1. The highest BCUT2D eigenvalue weighted by Crippen LogP contribution is 2.22. The lowest BCUT2D eigenvalue weighted by Crippen LogP contribution is -2.19. The second-order valence-corrected chi connectivity index (χ2v) is 7.32. The smallest absolute Gasteiger partial charge is 0.275 e. The molecule has 1 aliphatic rings. The quantitative estimate of drug-likeness (QED) is 0.762. The summed E-state index contributed by atoms with van der Waals surface area (Å²) < 4.78 is 0. The fourth-order valence-corrected chi connectivity index (χ4v) is 3.57. The Balaban J connectivity index is 1.44. The number of rotatable bonds is 4. The molecule has 0 spiro atoms. The zero-order valence-corrected chi connectivity index (χ0v) is 15.3. The van der Waals surface area contributed by atoms with Crippen LogP contribution in [-0.2, 0) is 0 Å². The van der Waals surface area contributed by atoms with Gasteiger partial charge in [-0.1, -0.05) is 12.1 Å². The van der Waals surface area contributed by atoms with Crippen molar-refractivity contribution >= 4 is 28.7 Å². The van der Waals surface area contributed by atoms with Crippen LogP contribution >= 0.6 is 11.3 Å². The molecule has 1 N–H and O–H groups in total. The van der Waals surface area contributed by atoms with Crippen molar-refractivity contribution in [2.45, 2.75) is 19.8 Å². The van der Waals surface area contributed by atoms with Crippen molar-refractivity contribution in [3.63, 3.8) is 0 Å². The average Bonchev–Trinajstić information content (AvgIpc) is 3.34. The molecule has 1 aromatic carbocycles. The maximum atomic E-state index is 12.2. The van der Waals surface area contributed by atoms with Gasteiger partial charge in [0.15, 0.2) is 5.82 Å². The van der Waals surface area contributed by atoms with Crippen LogP contribution in [0.15, 0.2) is 41.8 Å². The standard InChI is InChI=1S/C19H19N5OS/c1-13-20-17(12-26-13)19(25)21-15-6-4-14(5-7-15)16-8-9-18(23-22-16)24-10-2-3-11-24/h4-9,12H,2-3,10-11H2,1H3,(H,21,25). The minimum absolute atomic E-state index is 0.197. The molecule has 3 heterocycles. The van der Waals surface area contributed by atoms with Gasteiger partial charge in [0.1, 0.15) is 5.69 Å². The van der Waals surface area contributed by atoms with E-state index in [1.807, 2.05) is 43.3 Å². The van der Waals surface area contributed by atoms with Gasteiger partial charge in [0.25, 0.3) is 5.91 Å². The van der Waals surface area contributed by atoms with Gasteiger partial charge in [-0.25, -0.2) is 4.98 Å². The molecule has 26 heavy (non-hydrogen) atoms. The van der Waals surface area contributed by atoms with Crippen molar-refractivity contribution in [3.05, 3.63) is 52.5 Å². The highest BCUT2D eigenvalue weighted by Gasteiger charge is 2.14. The molecule has 0 atom stereocenters. The molecule has 0 aliphatic carbocycles. The summed E-state index contributed by atoms with van der Waals surface area (Å²) in [6, 6.07) is 11.6. The largest absolute Gasteiger partial charge is 0.355 e. The SMILES string of the molecule is Cc1nc(C(=O)Nc2ccc(-c3ccc(N4CCCC4)nn3)cc2)cs1. The molecule has 6 nitrogen and oxygen atoms in total. The highest BCUT2D eigenvalue weighted by atomic mass is 32.1. The summed E-state index contributed by atoms with van der Waals surface area (Å²) in [7, 11) is 0. The molecule has 1 aliphatic heterocycles. The van der Waals surface area contributed by atoms with Crippen LogP contribution in [0.4, 0.5) is 11.5 Å². The molecule has 132 valence electrons. The Kier molecular flexibility index (Phi) is 4.62. The summed E-state index contributed by atoms with van der Waals surface area (Å²) in [5, 5.41) is 14.2. The maximum absolute atomic E-state index is 12.2. The minimum Gasteiger partial charge on any atom is -0.355 e. The molecule has 0 bridgehead atoms. The van der Waals surface area contributed by atoms with E-state index in [0.29, 0.717) is 5.69 Å². The second kappa shape index (κ2) is 7.21. The van der Waals surface area contributed by atoms with Gasteiger partial charge < -0.3 is 10.2 Å². The minimum atomic E-state index is -0.197. The summed E-state index contributed by atoms with van der Waals surface area (Å²) in [5.41, 5.74) is 2.96. The predicted molar refractivity (Wildman–Crippen MR) is 104 cm³/mol. The molecule has 1 amide bonds. The molecule has 0 saturated carbocycles. The number of benzene rings is 1. The Bertz CT molecular complexity index is 898. The summed E-state index contributed by atoms with van der Waals surface area (Å²) in [6.45, 7) is 3.99. The zero-order chi connectivity index (χ0) is 17.9. The number of carbonyl (C=O) groups is 1. The number of carbonyl (C=O) groups excluding carboxylic acids is 1. The highest BCUT2D eigenvalue weighted by molar-refractivity contribution is 7.09. The zero-order valence-electron chi connectivity index (χ0n) is 14.5. The first kappa shape index (κ1) is 16.7. The number of thiazole rings is 1.